The van der Waals surface area contributed by atoms with E-state index in [0.29, 0.717) is 25.1 Å². The van der Waals surface area contributed by atoms with Crippen LogP contribution in [0.4, 0.5) is 0 Å². The van der Waals surface area contributed by atoms with Crippen molar-refractivity contribution in [3.8, 4) is 0 Å². The molecule has 106 valence electrons. The van der Waals surface area contributed by atoms with Crippen molar-refractivity contribution >= 4 is 11.9 Å². The second-order valence-electron chi connectivity index (χ2n) is 4.51. The normalized spacial score (nSPS) is 12.2. The molecule has 0 spiro atoms. The van der Waals surface area contributed by atoms with Crippen LogP contribution in [0, 0.1) is 0 Å². The van der Waals surface area contributed by atoms with E-state index in [1.54, 1.807) is 29.9 Å². The number of aromatic nitrogens is 3. The Morgan fingerprint density at radius 3 is 2.79 bits per heavy atom. The zero-order valence-electron chi connectivity index (χ0n) is 11.1. The Morgan fingerprint density at radius 1 is 1.53 bits per heavy atom. The lowest BCUT2D eigenvalue weighted by molar-refractivity contribution is -0.138. The average molecular weight is 269 g/mol. The lowest BCUT2D eigenvalue weighted by Gasteiger charge is -2.09. The maximum Gasteiger partial charge on any atom is 0.320 e. The van der Waals surface area contributed by atoms with E-state index < -0.39 is 12.0 Å². The fourth-order valence-corrected chi connectivity index (χ4v) is 1.47. The van der Waals surface area contributed by atoms with Crippen molar-refractivity contribution in [1.29, 1.82) is 0 Å². The highest BCUT2D eigenvalue weighted by Crippen LogP contribution is 2.01. The zero-order valence-corrected chi connectivity index (χ0v) is 11.1. The Hall–Kier alpha value is -1.96. The minimum atomic E-state index is -1.06. The largest absolute Gasteiger partial charge is 0.480 e. The maximum absolute atomic E-state index is 11.4. The summed E-state index contributed by atoms with van der Waals surface area (Å²) in [6.45, 7) is 0.564. The van der Waals surface area contributed by atoms with Crippen LogP contribution >= 0.6 is 0 Å². The molecule has 8 nitrogen and oxygen atoms in total. The monoisotopic (exact) mass is 269 g/mol. The highest BCUT2D eigenvalue weighted by Gasteiger charge is 2.14. The predicted molar refractivity (Wildman–Crippen MR) is 67.3 cm³/mol. The number of aliphatic carboxylic acids is 1. The van der Waals surface area contributed by atoms with Gasteiger partial charge in [-0.1, -0.05) is 5.21 Å². The van der Waals surface area contributed by atoms with Crippen molar-refractivity contribution in [1.82, 2.24) is 19.9 Å². The number of carbonyl (C=O) groups excluding carboxylic acids is 1. The number of hydrogen-bond donors (Lipinski definition) is 2. The first-order chi connectivity index (χ1) is 8.90. The minimum Gasteiger partial charge on any atom is -0.480 e. The van der Waals surface area contributed by atoms with Crippen molar-refractivity contribution in [3.05, 3.63) is 11.9 Å². The van der Waals surface area contributed by atoms with Gasteiger partial charge in [-0.25, -0.2) is 0 Å². The molecular weight excluding hydrogens is 250 g/mol. The SMILES string of the molecule is CN(C)C(=O)CCCn1cc(CC(N)C(=O)O)nn1. The first-order valence-electron chi connectivity index (χ1n) is 5.97. The zero-order chi connectivity index (χ0) is 14.4. The van der Waals surface area contributed by atoms with E-state index in [9.17, 15) is 9.59 Å². The molecule has 0 aliphatic heterocycles. The molecule has 1 heterocycles. The predicted octanol–water partition coefficient (Wildman–Crippen LogP) is -0.899. The standard InChI is InChI=1S/C11H19N5O3/c1-15(2)10(17)4-3-5-16-7-8(13-14-16)6-9(12)11(18)19/h7,9H,3-6,12H2,1-2H3,(H,18,19). The number of rotatable bonds is 7. The summed E-state index contributed by atoms with van der Waals surface area (Å²) in [4.78, 5) is 23.5. The Kier molecular flexibility index (Phi) is 5.43. The third-order valence-corrected chi connectivity index (χ3v) is 2.61. The van der Waals surface area contributed by atoms with Gasteiger partial charge in [0.25, 0.3) is 0 Å². The summed E-state index contributed by atoms with van der Waals surface area (Å²) in [6, 6.07) is -0.972. The third-order valence-electron chi connectivity index (χ3n) is 2.61. The molecule has 0 aromatic carbocycles. The first-order valence-corrected chi connectivity index (χ1v) is 5.97. The van der Waals surface area contributed by atoms with Crippen molar-refractivity contribution in [2.24, 2.45) is 5.73 Å². The van der Waals surface area contributed by atoms with Gasteiger partial charge in [-0.3, -0.25) is 14.3 Å². The summed E-state index contributed by atoms with van der Waals surface area (Å²) in [6.07, 6.45) is 2.90. The van der Waals surface area contributed by atoms with Gasteiger partial charge in [-0.2, -0.15) is 0 Å². The summed E-state index contributed by atoms with van der Waals surface area (Å²) in [5.74, 6) is -1.00. The number of hydrogen-bond acceptors (Lipinski definition) is 5. The number of aryl methyl sites for hydroxylation is 1. The molecule has 1 aromatic heterocycles. The van der Waals surface area contributed by atoms with E-state index in [0.717, 1.165) is 0 Å². The van der Waals surface area contributed by atoms with Gasteiger partial charge in [-0.15, -0.1) is 5.10 Å². The summed E-state index contributed by atoms with van der Waals surface area (Å²) in [5, 5.41) is 16.4. The van der Waals surface area contributed by atoms with Crippen molar-refractivity contribution in [2.45, 2.75) is 31.8 Å². The average Bonchev–Trinajstić information content (AvgIpc) is 2.76. The van der Waals surface area contributed by atoms with Gasteiger partial charge in [0.1, 0.15) is 6.04 Å². The molecule has 0 aliphatic rings. The molecule has 0 aliphatic carbocycles. The van der Waals surface area contributed by atoms with Crippen LogP contribution in [0.15, 0.2) is 6.20 Å². The van der Waals surface area contributed by atoms with E-state index in [1.807, 2.05) is 0 Å². The topological polar surface area (TPSA) is 114 Å². The molecule has 1 unspecified atom stereocenters. The van der Waals surface area contributed by atoms with Gasteiger partial charge in [0.15, 0.2) is 0 Å². The van der Waals surface area contributed by atoms with Crippen LogP contribution in [-0.2, 0) is 22.6 Å². The van der Waals surface area contributed by atoms with Gasteiger partial charge in [0, 0.05) is 39.7 Å². The smallest absolute Gasteiger partial charge is 0.320 e. The van der Waals surface area contributed by atoms with Crippen molar-refractivity contribution in [3.63, 3.8) is 0 Å². The number of nitrogens with two attached hydrogens (primary N) is 1. The molecule has 1 amide bonds. The van der Waals surface area contributed by atoms with Crippen LogP contribution in [0.3, 0.4) is 0 Å². The summed E-state index contributed by atoms with van der Waals surface area (Å²) >= 11 is 0. The van der Waals surface area contributed by atoms with Gasteiger partial charge in [0.2, 0.25) is 5.91 Å². The first kappa shape index (κ1) is 15.1. The van der Waals surface area contributed by atoms with Crippen molar-refractivity contribution in [2.75, 3.05) is 14.1 Å². The number of carboxylic acid groups (broad SMARTS) is 1. The number of amides is 1. The Labute approximate surface area is 111 Å². The summed E-state index contributed by atoms with van der Waals surface area (Å²) in [7, 11) is 3.42. The number of carbonyl (C=O) groups is 2. The molecule has 0 saturated carbocycles. The van der Waals surface area contributed by atoms with Crippen LogP contribution < -0.4 is 5.73 Å². The molecule has 0 saturated heterocycles. The van der Waals surface area contributed by atoms with E-state index in [1.165, 1.54) is 0 Å². The van der Waals surface area contributed by atoms with Crippen LogP contribution in [-0.4, -0.2) is 57.0 Å². The second kappa shape index (κ2) is 6.83. The molecular formula is C11H19N5O3. The molecule has 0 radical (unpaired) electrons. The Bertz CT molecular complexity index is 443. The summed E-state index contributed by atoms with van der Waals surface area (Å²) in [5.41, 5.74) is 5.94. The third kappa shape index (κ3) is 5.04. The second-order valence-corrected chi connectivity index (χ2v) is 4.51. The lowest BCUT2D eigenvalue weighted by atomic mass is 10.2. The van der Waals surface area contributed by atoms with E-state index >= 15 is 0 Å². The minimum absolute atomic E-state index is 0.0632. The van der Waals surface area contributed by atoms with E-state index in [4.69, 9.17) is 10.8 Å². The molecule has 0 bridgehead atoms. The Morgan fingerprint density at radius 2 is 2.21 bits per heavy atom. The molecule has 0 fully saturated rings. The van der Waals surface area contributed by atoms with Crippen LogP contribution in [0.5, 0.6) is 0 Å². The van der Waals surface area contributed by atoms with Gasteiger partial charge in [0.05, 0.1) is 5.69 Å². The maximum atomic E-state index is 11.4. The fraction of sp³-hybridized carbons (Fsp3) is 0.636. The number of nitrogens with zero attached hydrogens (tertiary/aromatic N) is 4. The highest BCUT2D eigenvalue weighted by atomic mass is 16.4. The van der Waals surface area contributed by atoms with Gasteiger partial charge < -0.3 is 15.7 Å². The van der Waals surface area contributed by atoms with E-state index in [2.05, 4.69) is 10.3 Å². The molecule has 8 heteroatoms. The van der Waals surface area contributed by atoms with Crippen molar-refractivity contribution < 1.29 is 14.7 Å². The fourth-order valence-electron chi connectivity index (χ4n) is 1.47. The van der Waals surface area contributed by atoms with Gasteiger partial charge >= 0.3 is 5.97 Å². The quantitative estimate of drug-likeness (QED) is 0.663. The Balaban J connectivity index is 2.39. The summed E-state index contributed by atoms with van der Waals surface area (Å²) < 4.78 is 1.59. The molecule has 19 heavy (non-hydrogen) atoms. The van der Waals surface area contributed by atoms with Gasteiger partial charge in [-0.05, 0) is 6.42 Å². The number of carboxylic acids is 1. The molecule has 1 aromatic rings. The molecule has 1 rings (SSSR count). The molecule has 3 N–H and O–H groups in total. The lowest BCUT2D eigenvalue weighted by Crippen LogP contribution is -2.32. The van der Waals surface area contributed by atoms with Crippen LogP contribution in [0.1, 0.15) is 18.5 Å². The highest BCUT2D eigenvalue weighted by molar-refractivity contribution is 5.75. The van der Waals surface area contributed by atoms with Crippen LogP contribution in [0.25, 0.3) is 0 Å². The van der Waals surface area contributed by atoms with Crippen LogP contribution in [0.2, 0.25) is 0 Å². The van der Waals surface area contributed by atoms with E-state index in [-0.39, 0.29) is 12.3 Å². The molecule has 1 atom stereocenters.